The van der Waals surface area contributed by atoms with Crippen molar-refractivity contribution in [1.29, 1.82) is 0 Å². The summed E-state index contributed by atoms with van der Waals surface area (Å²) in [5, 5.41) is 0. The van der Waals surface area contributed by atoms with E-state index in [-0.39, 0.29) is 6.10 Å². The zero-order chi connectivity index (χ0) is 7.98. The number of rotatable bonds is 5. The molecule has 0 heterocycles. The van der Waals surface area contributed by atoms with Crippen LogP contribution in [0.4, 0.5) is 0 Å². The summed E-state index contributed by atoms with van der Waals surface area (Å²) >= 11 is 0. The maximum atomic E-state index is 11.0. The van der Waals surface area contributed by atoms with Crippen molar-refractivity contribution in [3.63, 3.8) is 0 Å². The van der Waals surface area contributed by atoms with E-state index in [2.05, 4.69) is 0 Å². The van der Waals surface area contributed by atoms with Crippen LogP contribution in [0.1, 0.15) is 6.92 Å². The van der Waals surface area contributed by atoms with Gasteiger partial charge in [-0.25, -0.2) is 0 Å². The van der Waals surface area contributed by atoms with E-state index in [4.69, 9.17) is 10.5 Å². The fraction of sp³-hybridized carbons (Fsp3) is 1.00. The van der Waals surface area contributed by atoms with E-state index in [1.807, 2.05) is 6.92 Å². The Kier molecular flexibility index (Phi) is 5.87. The highest BCUT2D eigenvalue weighted by Gasteiger charge is 2.04. The molecule has 0 rings (SSSR count). The third-order valence-electron chi connectivity index (χ3n) is 1.17. The maximum Gasteiger partial charge on any atom is 0.0658 e. The zero-order valence-electron chi connectivity index (χ0n) is 6.50. The van der Waals surface area contributed by atoms with Gasteiger partial charge >= 0.3 is 0 Å². The largest absolute Gasteiger partial charge is 0.381 e. The monoisotopic (exact) mass is 165 g/mol. The van der Waals surface area contributed by atoms with Crippen molar-refractivity contribution in [1.82, 2.24) is 0 Å². The molecular formula is C6H15NO2S. The Morgan fingerprint density at radius 2 is 2.30 bits per heavy atom. The topological polar surface area (TPSA) is 52.3 Å². The molecule has 0 aromatic carbocycles. The predicted octanol–water partition coefficient (Wildman–Crippen LogP) is -0.271. The van der Waals surface area contributed by atoms with Crippen LogP contribution in [0, 0.1) is 0 Å². The molecule has 0 bridgehead atoms. The Morgan fingerprint density at radius 3 is 2.70 bits per heavy atom. The molecule has 0 saturated heterocycles. The van der Waals surface area contributed by atoms with E-state index in [1.54, 1.807) is 7.11 Å². The lowest BCUT2D eigenvalue weighted by Gasteiger charge is -2.07. The molecule has 0 aromatic rings. The van der Waals surface area contributed by atoms with E-state index >= 15 is 0 Å². The molecule has 2 atom stereocenters. The molecular weight excluding hydrogens is 150 g/mol. The molecule has 0 saturated carbocycles. The van der Waals surface area contributed by atoms with E-state index in [0.717, 1.165) is 0 Å². The lowest BCUT2D eigenvalue weighted by atomic mass is 10.5. The van der Waals surface area contributed by atoms with Gasteiger partial charge in [0.1, 0.15) is 0 Å². The molecule has 4 heteroatoms. The normalized spacial score (nSPS) is 16.7. The molecule has 0 fully saturated rings. The summed E-state index contributed by atoms with van der Waals surface area (Å²) in [6, 6.07) is 0. The van der Waals surface area contributed by atoms with Crippen molar-refractivity contribution in [3.05, 3.63) is 0 Å². The molecule has 0 amide bonds. The number of hydrogen-bond acceptors (Lipinski definition) is 3. The van der Waals surface area contributed by atoms with Crippen molar-refractivity contribution in [2.75, 3.05) is 25.2 Å². The third kappa shape index (κ3) is 4.90. The van der Waals surface area contributed by atoms with Gasteiger partial charge in [0, 0.05) is 36.0 Å². The van der Waals surface area contributed by atoms with Gasteiger partial charge in [0.15, 0.2) is 0 Å². The summed E-state index contributed by atoms with van der Waals surface area (Å²) in [5.74, 6) is 1.17. The molecule has 62 valence electrons. The summed E-state index contributed by atoms with van der Waals surface area (Å²) in [7, 11) is 0.815. The van der Waals surface area contributed by atoms with Crippen LogP contribution in [0.2, 0.25) is 0 Å². The van der Waals surface area contributed by atoms with Crippen LogP contribution < -0.4 is 5.73 Å². The Hall–Kier alpha value is 0.0700. The fourth-order valence-electron chi connectivity index (χ4n) is 0.545. The average Bonchev–Trinajstić information content (AvgIpc) is 1.88. The van der Waals surface area contributed by atoms with Crippen LogP contribution in [0.3, 0.4) is 0 Å². The molecule has 3 nitrogen and oxygen atoms in total. The lowest BCUT2D eigenvalue weighted by molar-refractivity contribution is 0.137. The van der Waals surface area contributed by atoms with Gasteiger partial charge < -0.3 is 10.5 Å². The van der Waals surface area contributed by atoms with Crippen LogP contribution in [-0.2, 0) is 15.5 Å². The number of methoxy groups -OCH3 is 1. The highest BCUT2D eigenvalue weighted by molar-refractivity contribution is 7.85. The number of hydrogen-bond donors (Lipinski definition) is 1. The minimum atomic E-state index is -0.800. The van der Waals surface area contributed by atoms with Crippen LogP contribution in [0.5, 0.6) is 0 Å². The second-order valence-electron chi connectivity index (χ2n) is 2.15. The Labute approximate surface area is 64.4 Å². The van der Waals surface area contributed by atoms with Crippen molar-refractivity contribution in [3.8, 4) is 0 Å². The molecule has 0 radical (unpaired) electrons. The second kappa shape index (κ2) is 5.82. The van der Waals surface area contributed by atoms with Gasteiger partial charge in [-0.3, -0.25) is 4.21 Å². The van der Waals surface area contributed by atoms with Crippen molar-refractivity contribution < 1.29 is 8.95 Å². The summed E-state index contributed by atoms with van der Waals surface area (Å²) < 4.78 is 15.9. The standard InChI is InChI=1S/C6H15NO2S/c1-6(9-2)5-10(8)4-3-7/h6H,3-5,7H2,1-2H3. The summed E-state index contributed by atoms with van der Waals surface area (Å²) in [6.07, 6.45) is 0.0763. The minimum Gasteiger partial charge on any atom is -0.381 e. The molecule has 0 spiro atoms. The van der Waals surface area contributed by atoms with Gasteiger partial charge in [-0.15, -0.1) is 0 Å². The fourth-order valence-corrected chi connectivity index (χ4v) is 1.63. The zero-order valence-corrected chi connectivity index (χ0v) is 7.32. The van der Waals surface area contributed by atoms with Gasteiger partial charge in [-0.2, -0.15) is 0 Å². The Morgan fingerprint density at radius 1 is 1.70 bits per heavy atom. The second-order valence-corrected chi connectivity index (χ2v) is 3.77. The first-order valence-corrected chi connectivity index (χ1v) is 4.77. The van der Waals surface area contributed by atoms with Crippen LogP contribution >= 0.6 is 0 Å². The highest BCUT2D eigenvalue weighted by Crippen LogP contribution is 1.91. The molecule has 2 N–H and O–H groups in total. The first-order valence-electron chi connectivity index (χ1n) is 3.28. The smallest absolute Gasteiger partial charge is 0.0658 e. The Bertz CT molecular complexity index is 108. The molecule has 0 aromatic heterocycles. The number of nitrogens with two attached hydrogens (primary N) is 1. The first-order chi connectivity index (χ1) is 4.70. The first kappa shape index (κ1) is 10.1. The van der Waals surface area contributed by atoms with Crippen LogP contribution in [-0.4, -0.2) is 35.5 Å². The molecule has 10 heavy (non-hydrogen) atoms. The summed E-state index contributed by atoms with van der Waals surface area (Å²) in [6.45, 7) is 2.39. The highest BCUT2D eigenvalue weighted by atomic mass is 32.2. The quantitative estimate of drug-likeness (QED) is 0.610. The van der Waals surface area contributed by atoms with E-state index in [1.165, 1.54) is 0 Å². The van der Waals surface area contributed by atoms with Gasteiger partial charge in [-0.05, 0) is 6.92 Å². The molecule has 0 aliphatic rings. The van der Waals surface area contributed by atoms with Crippen LogP contribution in [0.25, 0.3) is 0 Å². The lowest BCUT2D eigenvalue weighted by Crippen LogP contribution is -2.20. The van der Waals surface area contributed by atoms with E-state index < -0.39 is 10.8 Å². The molecule has 0 aliphatic heterocycles. The van der Waals surface area contributed by atoms with Crippen molar-refractivity contribution in [2.45, 2.75) is 13.0 Å². The van der Waals surface area contributed by atoms with Gasteiger partial charge in [-0.1, -0.05) is 0 Å². The summed E-state index contributed by atoms with van der Waals surface area (Å²) in [5.41, 5.74) is 5.21. The van der Waals surface area contributed by atoms with Gasteiger partial charge in [0.2, 0.25) is 0 Å². The van der Waals surface area contributed by atoms with Crippen molar-refractivity contribution >= 4 is 10.8 Å². The van der Waals surface area contributed by atoms with E-state index in [9.17, 15) is 4.21 Å². The van der Waals surface area contributed by atoms with Gasteiger partial charge in [0.05, 0.1) is 6.10 Å². The van der Waals surface area contributed by atoms with Gasteiger partial charge in [0.25, 0.3) is 0 Å². The number of ether oxygens (including phenoxy) is 1. The van der Waals surface area contributed by atoms with E-state index in [0.29, 0.717) is 18.1 Å². The minimum absolute atomic E-state index is 0.0763. The van der Waals surface area contributed by atoms with Crippen molar-refractivity contribution in [2.24, 2.45) is 5.73 Å². The SMILES string of the molecule is COC(C)CS(=O)CCN. The average molecular weight is 165 g/mol. The maximum absolute atomic E-state index is 11.0. The Balaban J connectivity index is 3.37. The predicted molar refractivity (Wildman–Crippen MR) is 43.4 cm³/mol. The molecule has 0 aliphatic carbocycles. The third-order valence-corrected chi connectivity index (χ3v) is 2.70. The van der Waals surface area contributed by atoms with Crippen LogP contribution in [0.15, 0.2) is 0 Å². The molecule has 2 unspecified atom stereocenters. The summed E-state index contributed by atoms with van der Waals surface area (Å²) in [4.78, 5) is 0.